The minimum Gasteiger partial charge on any atom is -0.496 e. The fraction of sp³-hybridized carbons (Fsp3) is 0.227. The Labute approximate surface area is 151 Å². The molecule has 0 saturated heterocycles. The van der Waals surface area contributed by atoms with Gasteiger partial charge in [-0.1, -0.05) is 31.5 Å². The predicted octanol–water partition coefficient (Wildman–Crippen LogP) is 5.48. The number of benzene rings is 2. The Balaban J connectivity index is 1.99. The summed E-state index contributed by atoms with van der Waals surface area (Å²) in [6.07, 6.45) is 1.81. The van der Waals surface area contributed by atoms with Gasteiger partial charge in [0.05, 0.1) is 12.5 Å². The fourth-order valence-electron chi connectivity index (χ4n) is 3.42. The van der Waals surface area contributed by atoms with Crippen LogP contribution in [0.5, 0.6) is 5.75 Å². The summed E-state index contributed by atoms with van der Waals surface area (Å²) in [5, 5.41) is 1.51. The maximum Gasteiger partial charge on any atom is 0.203 e. The van der Waals surface area contributed by atoms with Crippen molar-refractivity contribution in [1.82, 2.24) is 0 Å². The Morgan fingerprint density at radius 3 is 2.58 bits per heavy atom. The minimum absolute atomic E-state index is 0.0807. The minimum atomic E-state index is -0.0807. The monoisotopic (exact) mass is 348 g/mol. The molecule has 4 nitrogen and oxygen atoms in total. The van der Waals surface area contributed by atoms with Crippen molar-refractivity contribution in [2.24, 2.45) is 0 Å². The van der Waals surface area contributed by atoms with Gasteiger partial charge in [0.15, 0.2) is 0 Å². The summed E-state index contributed by atoms with van der Waals surface area (Å²) in [5.74, 6) is 1.82. The van der Waals surface area contributed by atoms with Crippen molar-refractivity contribution in [3.8, 4) is 17.1 Å². The number of hydrogen-bond donors (Lipinski definition) is 0. The molecule has 0 fully saturated rings. The zero-order chi connectivity index (χ0) is 18.3. The molecule has 2 aromatic carbocycles. The van der Waals surface area contributed by atoms with Crippen LogP contribution >= 0.6 is 0 Å². The van der Waals surface area contributed by atoms with E-state index in [9.17, 15) is 4.79 Å². The van der Waals surface area contributed by atoms with Crippen molar-refractivity contribution in [2.75, 3.05) is 7.11 Å². The molecular weight excluding hydrogens is 328 g/mol. The van der Waals surface area contributed by atoms with Gasteiger partial charge in [-0.2, -0.15) is 0 Å². The Morgan fingerprint density at radius 2 is 1.85 bits per heavy atom. The first-order chi connectivity index (χ1) is 12.6. The molecule has 0 bridgehead atoms. The van der Waals surface area contributed by atoms with Gasteiger partial charge in [0.2, 0.25) is 5.43 Å². The molecule has 0 aliphatic carbocycles. The average Bonchev–Trinajstić information content (AvgIpc) is 3.05. The first-order valence-corrected chi connectivity index (χ1v) is 8.75. The zero-order valence-corrected chi connectivity index (χ0v) is 15.1. The molecule has 0 aliphatic rings. The van der Waals surface area contributed by atoms with E-state index >= 15 is 0 Å². The number of aryl methyl sites for hydroxylation is 2. The Hall–Kier alpha value is -3.01. The van der Waals surface area contributed by atoms with Crippen LogP contribution in [0.25, 0.3) is 33.3 Å². The number of methoxy groups -OCH3 is 1. The van der Waals surface area contributed by atoms with E-state index in [1.807, 2.05) is 36.4 Å². The normalized spacial score (nSPS) is 11.3. The molecule has 0 spiro atoms. The van der Waals surface area contributed by atoms with Crippen molar-refractivity contribution in [1.29, 1.82) is 0 Å². The van der Waals surface area contributed by atoms with Crippen LogP contribution < -0.4 is 10.2 Å². The van der Waals surface area contributed by atoms with Gasteiger partial charge < -0.3 is 13.6 Å². The molecule has 0 unspecified atom stereocenters. The first kappa shape index (κ1) is 16.5. The van der Waals surface area contributed by atoms with Crippen molar-refractivity contribution in [3.63, 3.8) is 0 Å². The van der Waals surface area contributed by atoms with Gasteiger partial charge in [-0.3, -0.25) is 4.79 Å². The van der Waals surface area contributed by atoms with Gasteiger partial charge in [-0.25, -0.2) is 0 Å². The quantitative estimate of drug-likeness (QED) is 0.490. The third kappa shape index (κ3) is 2.58. The Bertz CT molecular complexity index is 1130. The van der Waals surface area contributed by atoms with Crippen molar-refractivity contribution < 1.29 is 13.6 Å². The summed E-state index contributed by atoms with van der Waals surface area (Å²) >= 11 is 0. The van der Waals surface area contributed by atoms with Crippen LogP contribution in [-0.4, -0.2) is 7.11 Å². The second-order valence-corrected chi connectivity index (χ2v) is 6.42. The van der Waals surface area contributed by atoms with Crippen LogP contribution in [0.3, 0.4) is 0 Å². The molecule has 0 aliphatic heterocycles. The van der Waals surface area contributed by atoms with Crippen LogP contribution in [0.4, 0.5) is 0 Å². The largest absolute Gasteiger partial charge is 0.496 e. The van der Waals surface area contributed by atoms with Crippen molar-refractivity contribution in [2.45, 2.75) is 26.7 Å². The summed E-state index contributed by atoms with van der Waals surface area (Å²) < 4.78 is 17.3. The lowest BCUT2D eigenvalue weighted by Gasteiger charge is -2.10. The third-order valence-electron chi connectivity index (χ3n) is 4.66. The molecule has 0 atom stereocenters. The lowest BCUT2D eigenvalue weighted by atomic mass is 10.0. The zero-order valence-electron chi connectivity index (χ0n) is 15.1. The van der Waals surface area contributed by atoms with E-state index in [1.165, 1.54) is 0 Å². The Morgan fingerprint density at radius 1 is 1.04 bits per heavy atom. The van der Waals surface area contributed by atoms with Crippen LogP contribution in [0, 0.1) is 6.92 Å². The number of ether oxygens (including phenoxy) is 1. The molecule has 2 heterocycles. The van der Waals surface area contributed by atoms with E-state index in [-0.39, 0.29) is 5.43 Å². The highest BCUT2D eigenvalue weighted by molar-refractivity contribution is 5.87. The number of para-hydroxylation sites is 1. The van der Waals surface area contributed by atoms with E-state index in [0.717, 1.165) is 35.1 Å². The maximum absolute atomic E-state index is 13.2. The second kappa shape index (κ2) is 6.37. The highest BCUT2D eigenvalue weighted by Gasteiger charge is 2.19. The summed E-state index contributed by atoms with van der Waals surface area (Å²) in [6, 6.07) is 13.3. The third-order valence-corrected chi connectivity index (χ3v) is 4.66. The summed E-state index contributed by atoms with van der Waals surface area (Å²) in [5.41, 5.74) is 2.69. The molecule has 26 heavy (non-hydrogen) atoms. The van der Waals surface area contributed by atoms with E-state index in [0.29, 0.717) is 28.1 Å². The van der Waals surface area contributed by atoms with E-state index in [4.69, 9.17) is 13.6 Å². The molecule has 4 aromatic rings. The number of hydrogen-bond acceptors (Lipinski definition) is 4. The first-order valence-electron chi connectivity index (χ1n) is 8.75. The lowest BCUT2D eigenvalue weighted by molar-refractivity contribution is 0.408. The fourth-order valence-corrected chi connectivity index (χ4v) is 3.42. The van der Waals surface area contributed by atoms with Crippen LogP contribution in [-0.2, 0) is 6.42 Å². The highest BCUT2D eigenvalue weighted by atomic mass is 16.5. The van der Waals surface area contributed by atoms with Gasteiger partial charge in [-0.15, -0.1) is 0 Å². The molecule has 0 radical (unpaired) electrons. The van der Waals surface area contributed by atoms with E-state index < -0.39 is 0 Å². The smallest absolute Gasteiger partial charge is 0.203 e. The Kier molecular flexibility index (Phi) is 4.03. The maximum atomic E-state index is 13.2. The van der Waals surface area contributed by atoms with Crippen molar-refractivity contribution >= 4 is 21.9 Å². The molecule has 4 heteroatoms. The van der Waals surface area contributed by atoms with Crippen LogP contribution in [0.1, 0.15) is 24.7 Å². The molecule has 0 amide bonds. The average molecular weight is 348 g/mol. The second-order valence-electron chi connectivity index (χ2n) is 6.42. The standard InChI is InChI=1S/C22H20O4/c1-4-7-14-10-16-19(12-18(14)24-3)25-13(2)21(22(16)23)20-11-15-8-5-6-9-17(15)26-20/h5-6,8-12H,4,7H2,1-3H3. The van der Waals surface area contributed by atoms with Crippen molar-refractivity contribution in [3.05, 3.63) is 64.0 Å². The topological polar surface area (TPSA) is 52.6 Å². The lowest BCUT2D eigenvalue weighted by Crippen LogP contribution is -2.08. The van der Waals surface area contributed by atoms with Gasteiger partial charge in [0, 0.05) is 11.5 Å². The number of rotatable bonds is 4. The summed E-state index contributed by atoms with van der Waals surface area (Å²) in [7, 11) is 1.63. The van der Waals surface area contributed by atoms with Crippen LogP contribution in [0.2, 0.25) is 0 Å². The van der Waals surface area contributed by atoms with Gasteiger partial charge >= 0.3 is 0 Å². The summed E-state index contributed by atoms with van der Waals surface area (Å²) in [6.45, 7) is 3.89. The van der Waals surface area contributed by atoms with E-state index in [1.54, 1.807) is 20.1 Å². The van der Waals surface area contributed by atoms with Gasteiger partial charge in [0.1, 0.15) is 34.0 Å². The molecule has 4 rings (SSSR count). The van der Waals surface area contributed by atoms with Crippen LogP contribution in [0.15, 0.2) is 56.1 Å². The molecule has 0 N–H and O–H groups in total. The van der Waals surface area contributed by atoms with Gasteiger partial charge in [-0.05, 0) is 37.1 Å². The molecule has 132 valence electrons. The van der Waals surface area contributed by atoms with E-state index in [2.05, 4.69) is 6.92 Å². The predicted molar refractivity (Wildman–Crippen MR) is 103 cm³/mol. The number of furan rings is 1. The molecule has 2 aromatic heterocycles. The number of fused-ring (bicyclic) bond motifs is 2. The molecule has 0 saturated carbocycles. The highest BCUT2D eigenvalue weighted by Crippen LogP contribution is 2.32. The SMILES string of the molecule is CCCc1cc2c(=O)c(-c3cc4ccccc4o3)c(C)oc2cc1OC. The molecular formula is C22H20O4. The van der Waals surface area contributed by atoms with Gasteiger partial charge in [0.25, 0.3) is 0 Å². The summed E-state index contributed by atoms with van der Waals surface area (Å²) in [4.78, 5) is 13.2.